The van der Waals surface area contributed by atoms with Crippen LogP contribution in [0.2, 0.25) is 0 Å². The van der Waals surface area contributed by atoms with E-state index < -0.39 is 17.6 Å². The fourth-order valence-corrected chi connectivity index (χ4v) is 6.20. The van der Waals surface area contributed by atoms with Crippen molar-refractivity contribution in [2.45, 2.75) is 32.0 Å². The van der Waals surface area contributed by atoms with Crippen molar-refractivity contribution < 1.29 is 24.2 Å². The van der Waals surface area contributed by atoms with E-state index in [0.717, 1.165) is 22.3 Å². The first-order valence-electron chi connectivity index (χ1n) is 15.1. The number of ether oxygens (including phenoxy) is 2. The molecule has 4 aromatic carbocycles. The Morgan fingerprint density at radius 3 is 2.35 bits per heavy atom. The number of amides is 1. The molecule has 8 heteroatoms. The minimum Gasteiger partial charge on any atom is -0.497 e. The maximum atomic E-state index is 14.0. The molecule has 1 aliphatic heterocycles. The summed E-state index contributed by atoms with van der Waals surface area (Å²) in [5.41, 5.74) is 4.68. The molecule has 6 rings (SSSR count). The summed E-state index contributed by atoms with van der Waals surface area (Å²) >= 11 is 0. The van der Waals surface area contributed by atoms with Crippen LogP contribution in [0.25, 0.3) is 11.1 Å². The van der Waals surface area contributed by atoms with Crippen molar-refractivity contribution in [3.05, 3.63) is 143 Å². The topological polar surface area (TPSA) is 101 Å². The average Bonchev–Trinajstić information content (AvgIpc) is 3.18. The van der Waals surface area contributed by atoms with Crippen LogP contribution in [-0.2, 0) is 21.7 Å². The predicted molar refractivity (Wildman–Crippen MR) is 177 cm³/mol. The molecule has 2 atom stereocenters. The lowest BCUT2D eigenvalue weighted by molar-refractivity contribution is -0.149. The van der Waals surface area contributed by atoms with Gasteiger partial charge >= 0.3 is 5.97 Å². The minimum atomic E-state index is -1.51. The first kappa shape index (κ1) is 30.6. The highest BCUT2D eigenvalue weighted by Gasteiger charge is 2.52. The number of aliphatic carboxylic acids is 1. The molecule has 232 valence electrons. The average molecular weight is 614 g/mol. The molecule has 0 saturated carbocycles. The van der Waals surface area contributed by atoms with Crippen molar-refractivity contribution in [2.75, 3.05) is 18.6 Å². The second kappa shape index (κ2) is 12.9. The number of para-hydroxylation sites is 1. The number of anilines is 1. The summed E-state index contributed by atoms with van der Waals surface area (Å²) in [7, 11) is 1.61. The number of carbonyl (C=O) groups is 2. The van der Waals surface area contributed by atoms with E-state index in [-0.39, 0.29) is 24.9 Å². The fraction of sp³-hybridized carbons (Fsp3) is 0.184. The minimum absolute atomic E-state index is 0.145. The van der Waals surface area contributed by atoms with Crippen LogP contribution >= 0.6 is 0 Å². The zero-order valence-electron chi connectivity index (χ0n) is 25.9. The Labute approximate surface area is 268 Å². The largest absolute Gasteiger partial charge is 0.497 e. The number of carboxylic acids is 1. The molecule has 2 N–H and O–H groups in total. The number of pyridine rings is 1. The molecule has 5 aromatic rings. The lowest BCUT2D eigenvalue weighted by atomic mass is 9.76. The van der Waals surface area contributed by atoms with Gasteiger partial charge in [0.05, 0.1) is 20.2 Å². The highest BCUT2D eigenvalue weighted by Crippen LogP contribution is 2.43. The number of nitrogens with zero attached hydrogens (tertiary/aromatic N) is 2. The SMILES string of the molecule is COc1ccc(CN2C(=O)CN[C@](c3cccc(-c4ccccc4)c3)([C@H](Oc3cc(C)cc(C)n3)C(=O)O)c3ccccc32)cc1. The second-order valence-electron chi connectivity index (χ2n) is 11.4. The van der Waals surface area contributed by atoms with Crippen LogP contribution in [0, 0.1) is 13.8 Å². The van der Waals surface area contributed by atoms with Crippen LogP contribution in [0.15, 0.2) is 115 Å². The first-order chi connectivity index (χ1) is 22.3. The molecule has 0 spiro atoms. The molecule has 1 aliphatic rings. The van der Waals surface area contributed by atoms with E-state index in [1.165, 1.54) is 0 Å². The molecular formula is C38H35N3O5. The number of hydrogen-bond donors (Lipinski definition) is 2. The molecule has 1 amide bonds. The number of aromatic nitrogens is 1. The summed E-state index contributed by atoms with van der Waals surface area (Å²) in [6.45, 7) is 3.88. The summed E-state index contributed by atoms with van der Waals surface area (Å²) in [5.74, 6) is -0.511. The van der Waals surface area contributed by atoms with Crippen LogP contribution in [0.3, 0.4) is 0 Å². The Kier molecular flexibility index (Phi) is 8.55. The van der Waals surface area contributed by atoms with E-state index in [9.17, 15) is 14.7 Å². The van der Waals surface area contributed by atoms with Gasteiger partial charge in [-0.05, 0) is 72.0 Å². The van der Waals surface area contributed by atoms with Crippen LogP contribution < -0.4 is 19.7 Å². The predicted octanol–water partition coefficient (Wildman–Crippen LogP) is 6.29. The van der Waals surface area contributed by atoms with Gasteiger partial charge in [-0.15, -0.1) is 0 Å². The van der Waals surface area contributed by atoms with Crippen LogP contribution in [0.5, 0.6) is 11.6 Å². The normalized spacial score (nSPS) is 16.7. The first-order valence-corrected chi connectivity index (χ1v) is 15.1. The van der Waals surface area contributed by atoms with Gasteiger partial charge < -0.3 is 19.5 Å². The molecule has 0 fully saturated rings. The standard InChI is InChI=1S/C38H35N3O5/c1-25-20-26(2)40-34(21-25)46-36(37(43)44)38(30-13-9-12-29(22-30)28-10-5-4-6-11-28)32-14-7-8-15-33(32)41(35(42)23-39-38)24-27-16-18-31(45-3)19-17-27/h4-22,36,39H,23-24H2,1-3H3,(H,43,44)/t36-,38+/m1/s1. The number of benzene rings is 4. The number of methoxy groups -OCH3 is 1. The van der Waals surface area contributed by atoms with Gasteiger partial charge in [-0.1, -0.05) is 78.9 Å². The quantitative estimate of drug-likeness (QED) is 0.202. The van der Waals surface area contributed by atoms with E-state index in [0.29, 0.717) is 28.3 Å². The van der Waals surface area contributed by atoms with Crippen molar-refractivity contribution in [3.63, 3.8) is 0 Å². The highest BCUT2D eigenvalue weighted by molar-refractivity contribution is 5.97. The number of nitrogens with one attached hydrogen (secondary N) is 1. The van der Waals surface area contributed by atoms with Gasteiger partial charge in [-0.2, -0.15) is 0 Å². The lowest BCUT2D eigenvalue weighted by Crippen LogP contribution is -2.58. The van der Waals surface area contributed by atoms with Crippen LogP contribution in [0.1, 0.15) is 27.9 Å². The van der Waals surface area contributed by atoms with Gasteiger partial charge in [0.2, 0.25) is 17.9 Å². The van der Waals surface area contributed by atoms with Gasteiger partial charge in [0.1, 0.15) is 11.3 Å². The van der Waals surface area contributed by atoms with E-state index >= 15 is 0 Å². The number of carboxylic acid groups (broad SMARTS) is 1. The third kappa shape index (κ3) is 5.95. The number of hydrogen-bond acceptors (Lipinski definition) is 6. The van der Waals surface area contributed by atoms with Crippen LogP contribution in [-0.4, -0.2) is 41.7 Å². The third-order valence-corrected chi connectivity index (χ3v) is 8.29. The van der Waals surface area contributed by atoms with Crippen molar-refractivity contribution in [1.82, 2.24) is 10.3 Å². The summed E-state index contributed by atoms with van der Waals surface area (Å²) in [6, 6.07) is 36.2. The van der Waals surface area contributed by atoms with Gasteiger partial charge in [-0.25, -0.2) is 9.78 Å². The molecule has 2 heterocycles. The number of fused-ring (bicyclic) bond motifs is 1. The monoisotopic (exact) mass is 613 g/mol. The number of carbonyl (C=O) groups excluding carboxylic acids is 1. The van der Waals surface area contributed by atoms with Gasteiger partial charge in [0.15, 0.2) is 0 Å². The Hall–Kier alpha value is -5.47. The Morgan fingerprint density at radius 2 is 1.63 bits per heavy atom. The zero-order chi connectivity index (χ0) is 32.3. The van der Waals surface area contributed by atoms with Gasteiger partial charge in [0.25, 0.3) is 0 Å². The second-order valence-corrected chi connectivity index (χ2v) is 11.4. The highest BCUT2D eigenvalue weighted by atomic mass is 16.5. The van der Waals surface area contributed by atoms with E-state index in [1.54, 1.807) is 18.1 Å². The van der Waals surface area contributed by atoms with Gasteiger partial charge in [0, 0.05) is 23.0 Å². The molecule has 0 unspecified atom stereocenters. The van der Waals surface area contributed by atoms with Gasteiger partial charge in [-0.3, -0.25) is 10.1 Å². The van der Waals surface area contributed by atoms with Crippen molar-refractivity contribution in [3.8, 4) is 22.8 Å². The van der Waals surface area contributed by atoms with E-state index in [4.69, 9.17) is 9.47 Å². The lowest BCUT2D eigenvalue weighted by Gasteiger charge is -2.40. The van der Waals surface area contributed by atoms with Crippen molar-refractivity contribution in [2.24, 2.45) is 0 Å². The molecule has 1 aromatic heterocycles. The number of aryl methyl sites for hydroxylation is 2. The maximum absolute atomic E-state index is 14.0. The molecule has 0 aliphatic carbocycles. The van der Waals surface area contributed by atoms with E-state index in [1.807, 2.05) is 123 Å². The molecular weight excluding hydrogens is 578 g/mol. The molecule has 0 radical (unpaired) electrons. The number of rotatable bonds is 9. The van der Waals surface area contributed by atoms with Crippen molar-refractivity contribution >= 4 is 17.6 Å². The Balaban J connectivity index is 1.57. The zero-order valence-corrected chi connectivity index (χ0v) is 25.9. The van der Waals surface area contributed by atoms with Crippen molar-refractivity contribution in [1.29, 1.82) is 0 Å². The fourth-order valence-electron chi connectivity index (χ4n) is 6.20. The summed E-state index contributed by atoms with van der Waals surface area (Å²) in [5, 5.41) is 14.4. The summed E-state index contributed by atoms with van der Waals surface area (Å²) in [4.78, 5) is 33.6. The van der Waals surface area contributed by atoms with E-state index in [2.05, 4.69) is 10.3 Å². The smallest absolute Gasteiger partial charge is 0.347 e. The summed E-state index contributed by atoms with van der Waals surface area (Å²) in [6.07, 6.45) is -1.51. The molecule has 8 nitrogen and oxygen atoms in total. The Morgan fingerprint density at radius 1 is 0.913 bits per heavy atom. The molecule has 0 saturated heterocycles. The third-order valence-electron chi connectivity index (χ3n) is 8.29. The van der Waals surface area contributed by atoms with Crippen LogP contribution in [0.4, 0.5) is 5.69 Å². The Bertz CT molecular complexity index is 1860. The molecule has 0 bridgehead atoms. The molecule has 46 heavy (non-hydrogen) atoms. The summed E-state index contributed by atoms with van der Waals surface area (Å²) < 4.78 is 11.7. The maximum Gasteiger partial charge on any atom is 0.347 e.